The molecule has 2 heterocycles. The van der Waals surface area contributed by atoms with Crippen molar-refractivity contribution in [3.05, 3.63) is 71.8 Å². The number of benzene rings is 2. The van der Waals surface area contributed by atoms with Gasteiger partial charge in [-0.15, -0.1) is 0 Å². The van der Waals surface area contributed by atoms with E-state index in [0.717, 1.165) is 11.1 Å². The summed E-state index contributed by atoms with van der Waals surface area (Å²) in [6.45, 7) is 1.04. The van der Waals surface area contributed by atoms with Crippen molar-refractivity contribution in [2.75, 3.05) is 13.3 Å². The Bertz CT molecular complexity index is 1000. The van der Waals surface area contributed by atoms with Crippen molar-refractivity contribution >= 4 is 11.8 Å². The van der Waals surface area contributed by atoms with Crippen LogP contribution in [0.2, 0.25) is 0 Å². The van der Waals surface area contributed by atoms with Crippen molar-refractivity contribution in [3.8, 4) is 11.5 Å². The van der Waals surface area contributed by atoms with Gasteiger partial charge in [-0.25, -0.2) is 9.67 Å². The SMILES string of the molecule is O=C(CNC(=O)c1ccc2c(c1)OCO2)NCc1ccc(Cn2cncn2)cc1. The zero-order valence-electron chi connectivity index (χ0n) is 15.5. The summed E-state index contributed by atoms with van der Waals surface area (Å²) in [5.41, 5.74) is 2.45. The summed E-state index contributed by atoms with van der Waals surface area (Å²) in [5.74, 6) is 0.502. The zero-order valence-corrected chi connectivity index (χ0v) is 15.5. The lowest BCUT2D eigenvalue weighted by Gasteiger charge is -2.08. The summed E-state index contributed by atoms with van der Waals surface area (Å²) in [7, 11) is 0. The highest BCUT2D eigenvalue weighted by Gasteiger charge is 2.16. The van der Waals surface area contributed by atoms with Crippen LogP contribution in [0.5, 0.6) is 11.5 Å². The van der Waals surface area contributed by atoms with E-state index >= 15 is 0 Å². The second-order valence-corrected chi connectivity index (χ2v) is 6.44. The molecule has 2 amide bonds. The van der Waals surface area contributed by atoms with Crippen LogP contribution >= 0.6 is 0 Å². The van der Waals surface area contributed by atoms with Crippen LogP contribution in [0.3, 0.4) is 0 Å². The summed E-state index contributed by atoms with van der Waals surface area (Å²) < 4.78 is 12.2. The van der Waals surface area contributed by atoms with Gasteiger partial charge in [-0.05, 0) is 29.3 Å². The number of carbonyl (C=O) groups is 2. The number of aromatic nitrogens is 3. The maximum Gasteiger partial charge on any atom is 0.251 e. The lowest BCUT2D eigenvalue weighted by atomic mass is 10.1. The van der Waals surface area contributed by atoms with E-state index in [1.54, 1.807) is 29.2 Å². The second kappa shape index (κ2) is 8.42. The Morgan fingerprint density at radius 3 is 2.59 bits per heavy atom. The highest BCUT2D eigenvalue weighted by Crippen LogP contribution is 2.32. The molecule has 2 aromatic carbocycles. The van der Waals surface area contributed by atoms with Crippen molar-refractivity contribution < 1.29 is 19.1 Å². The third-order valence-electron chi connectivity index (χ3n) is 4.37. The molecule has 1 aliphatic heterocycles. The number of carbonyl (C=O) groups excluding carboxylic acids is 2. The second-order valence-electron chi connectivity index (χ2n) is 6.44. The molecule has 0 spiro atoms. The van der Waals surface area contributed by atoms with Gasteiger partial charge in [0.25, 0.3) is 5.91 Å². The molecule has 1 aliphatic rings. The molecule has 0 atom stereocenters. The zero-order chi connectivity index (χ0) is 20.1. The van der Waals surface area contributed by atoms with Crippen LogP contribution in [0, 0.1) is 0 Å². The molecule has 0 fully saturated rings. The van der Waals surface area contributed by atoms with Gasteiger partial charge >= 0.3 is 0 Å². The lowest BCUT2D eigenvalue weighted by molar-refractivity contribution is -0.120. The Labute approximate surface area is 166 Å². The quantitative estimate of drug-likeness (QED) is 0.623. The number of amides is 2. The van der Waals surface area contributed by atoms with Gasteiger partial charge < -0.3 is 20.1 Å². The van der Waals surface area contributed by atoms with Crippen LogP contribution in [0.15, 0.2) is 55.1 Å². The molecule has 9 heteroatoms. The number of ether oxygens (including phenoxy) is 2. The van der Waals surface area contributed by atoms with Crippen molar-refractivity contribution in [2.24, 2.45) is 0 Å². The summed E-state index contributed by atoms with van der Waals surface area (Å²) in [6, 6.07) is 12.7. The highest BCUT2D eigenvalue weighted by atomic mass is 16.7. The van der Waals surface area contributed by atoms with E-state index in [4.69, 9.17) is 9.47 Å². The van der Waals surface area contributed by atoms with Crippen LogP contribution in [-0.2, 0) is 17.9 Å². The maximum absolute atomic E-state index is 12.2. The number of nitrogens with one attached hydrogen (secondary N) is 2. The third kappa shape index (κ3) is 4.70. The minimum atomic E-state index is -0.351. The number of hydrogen-bond acceptors (Lipinski definition) is 6. The molecular formula is C20H19N5O4. The van der Waals surface area contributed by atoms with Gasteiger partial charge in [-0.2, -0.15) is 5.10 Å². The van der Waals surface area contributed by atoms with Gasteiger partial charge in [0, 0.05) is 12.1 Å². The van der Waals surface area contributed by atoms with Gasteiger partial charge in [0.15, 0.2) is 11.5 Å². The molecule has 148 valence electrons. The van der Waals surface area contributed by atoms with Crippen LogP contribution in [0.4, 0.5) is 0 Å². The maximum atomic E-state index is 12.2. The van der Waals surface area contributed by atoms with E-state index in [1.165, 1.54) is 6.33 Å². The monoisotopic (exact) mass is 393 g/mol. The number of nitrogens with zero attached hydrogens (tertiary/aromatic N) is 3. The standard InChI is InChI=1S/C20H19N5O4/c26-19(9-23-20(27)16-5-6-17-18(7-16)29-13-28-17)22-8-14-1-3-15(4-2-14)10-25-12-21-11-24-25/h1-7,11-12H,8-10,13H2,(H,22,26)(H,23,27). The van der Waals surface area contributed by atoms with E-state index in [9.17, 15) is 9.59 Å². The summed E-state index contributed by atoms with van der Waals surface area (Å²) in [6.07, 6.45) is 3.15. The molecule has 0 unspecified atom stereocenters. The first-order valence-electron chi connectivity index (χ1n) is 9.02. The van der Waals surface area contributed by atoms with E-state index in [0.29, 0.717) is 30.2 Å². The van der Waals surface area contributed by atoms with E-state index in [-0.39, 0.29) is 25.2 Å². The molecule has 3 aromatic rings. The molecule has 0 bridgehead atoms. The molecule has 0 aliphatic carbocycles. The summed E-state index contributed by atoms with van der Waals surface area (Å²) >= 11 is 0. The first kappa shape index (κ1) is 18.5. The fourth-order valence-electron chi connectivity index (χ4n) is 2.83. The molecule has 0 saturated carbocycles. The van der Waals surface area contributed by atoms with E-state index in [2.05, 4.69) is 20.7 Å². The molecular weight excluding hydrogens is 374 g/mol. The van der Waals surface area contributed by atoms with Crippen molar-refractivity contribution in [2.45, 2.75) is 13.1 Å². The molecule has 0 saturated heterocycles. The van der Waals surface area contributed by atoms with Crippen molar-refractivity contribution in [1.82, 2.24) is 25.4 Å². The van der Waals surface area contributed by atoms with Crippen LogP contribution in [-0.4, -0.2) is 39.9 Å². The van der Waals surface area contributed by atoms with E-state index in [1.807, 2.05) is 24.3 Å². The highest BCUT2D eigenvalue weighted by molar-refractivity contribution is 5.97. The topological polar surface area (TPSA) is 107 Å². The van der Waals surface area contributed by atoms with Gasteiger partial charge in [-0.1, -0.05) is 24.3 Å². The largest absolute Gasteiger partial charge is 0.454 e. The van der Waals surface area contributed by atoms with Crippen LogP contribution in [0.1, 0.15) is 21.5 Å². The van der Waals surface area contributed by atoms with Gasteiger partial charge in [0.2, 0.25) is 12.7 Å². The smallest absolute Gasteiger partial charge is 0.251 e. The van der Waals surface area contributed by atoms with Crippen LogP contribution < -0.4 is 20.1 Å². The predicted molar refractivity (Wildman–Crippen MR) is 102 cm³/mol. The molecule has 9 nitrogen and oxygen atoms in total. The van der Waals surface area contributed by atoms with Crippen LogP contribution in [0.25, 0.3) is 0 Å². The summed E-state index contributed by atoms with van der Waals surface area (Å²) in [4.78, 5) is 28.1. The Hall–Kier alpha value is -3.88. The fourth-order valence-corrected chi connectivity index (χ4v) is 2.83. The number of fused-ring (bicyclic) bond motifs is 1. The number of rotatable bonds is 7. The first-order chi connectivity index (χ1) is 14.2. The Kier molecular flexibility index (Phi) is 5.37. The Balaban J connectivity index is 1.22. The predicted octanol–water partition coefficient (Wildman–Crippen LogP) is 1.10. The average molecular weight is 393 g/mol. The number of hydrogen-bond donors (Lipinski definition) is 2. The molecule has 4 rings (SSSR count). The summed E-state index contributed by atoms with van der Waals surface area (Å²) in [5, 5.41) is 9.45. The third-order valence-corrected chi connectivity index (χ3v) is 4.37. The molecule has 2 N–H and O–H groups in total. The Morgan fingerprint density at radius 1 is 1.00 bits per heavy atom. The Morgan fingerprint density at radius 2 is 1.79 bits per heavy atom. The first-order valence-corrected chi connectivity index (χ1v) is 9.02. The lowest BCUT2D eigenvalue weighted by Crippen LogP contribution is -2.36. The molecule has 29 heavy (non-hydrogen) atoms. The van der Waals surface area contributed by atoms with E-state index < -0.39 is 0 Å². The molecule has 1 aromatic heterocycles. The van der Waals surface area contributed by atoms with Gasteiger partial charge in [0.05, 0.1) is 13.1 Å². The minimum Gasteiger partial charge on any atom is -0.454 e. The normalized spacial score (nSPS) is 11.9. The van der Waals surface area contributed by atoms with Crippen molar-refractivity contribution in [3.63, 3.8) is 0 Å². The molecule has 0 radical (unpaired) electrons. The minimum absolute atomic E-state index is 0.113. The van der Waals surface area contributed by atoms with Gasteiger partial charge in [-0.3, -0.25) is 9.59 Å². The van der Waals surface area contributed by atoms with Gasteiger partial charge in [0.1, 0.15) is 12.7 Å². The van der Waals surface area contributed by atoms with Crippen molar-refractivity contribution in [1.29, 1.82) is 0 Å². The fraction of sp³-hybridized carbons (Fsp3) is 0.200. The average Bonchev–Trinajstić information content (AvgIpc) is 3.42.